The number of aliphatic hydroxyl groups excluding tert-OH is 3. The smallest absolute Gasteiger partial charge is 0.303 e. The molecule has 0 aromatic rings. The van der Waals surface area contributed by atoms with Crippen LogP contribution in [0.1, 0.15) is 64.7 Å². The standard InChI is InChI=1S/C20H34O5/c1-2-3-6-9-15(21)12-13-17-16(18(22)14-19(17)23)10-7-4-5-8-11-20(24)25/h4,7,12-13,15-19,21-23H,2-3,5-6,8-11,14H2,1H3,(H,24,25)/b7-4-,13-12+/t15-,16?,17?,18?,19?/m0/s1. The van der Waals surface area contributed by atoms with Gasteiger partial charge in [0.15, 0.2) is 0 Å². The van der Waals surface area contributed by atoms with Crippen LogP contribution < -0.4 is 0 Å². The summed E-state index contributed by atoms with van der Waals surface area (Å²) in [6, 6.07) is 0. The van der Waals surface area contributed by atoms with Gasteiger partial charge in [-0.3, -0.25) is 4.79 Å². The van der Waals surface area contributed by atoms with Crippen LogP contribution in [0.2, 0.25) is 0 Å². The Morgan fingerprint density at radius 1 is 1.16 bits per heavy atom. The monoisotopic (exact) mass is 354 g/mol. The summed E-state index contributed by atoms with van der Waals surface area (Å²) in [6.45, 7) is 2.12. The molecule has 0 aromatic carbocycles. The second-order valence-corrected chi connectivity index (χ2v) is 7.05. The molecule has 0 radical (unpaired) electrons. The summed E-state index contributed by atoms with van der Waals surface area (Å²) in [7, 11) is 0. The number of allylic oxidation sites excluding steroid dienone is 2. The van der Waals surface area contributed by atoms with Gasteiger partial charge in [-0.2, -0.15) is 0 Å². The van der Waals surface area contributed by atoms with E-state index in [0.717, 1.165) is 25.7 Å². The van der Waals surface area contributed by atoms with Gasteiger partial charge < -0.3 is 20.4 Å². The van der Waals surface area contributed by atoms with Crippen LogP contribution in [0.25, 0.3) is 0 Å². The molecule has 5 atom stereocenters. The van der Waals surface area contributed by atoms with Crippen molar-refractivity contribution in [1.82, 2.24) is 0 Å². The first-order valence-corrected chi connectivity index (χ1v) is 9.55. The fraction of sp³-hybridized carbons (Fsp3) is 0.750. The molecule has 25 heavy (non-hydrogen) atoms. The molecule has 0 amide bonds. The molecule has 1 saturated carbocycles. The van der Waals surface area contributed by atoms with Crippen LogP contribution in [-0.4, -0.2) is 44.7 Å². The molecule has 4 unspecified atom stereocenters. The molecule has 1 rings (SSSR count). The maximum atomic E-state index is 10.5. The molecule has 1 aliphatic carbocycles. The number of aliphatic hydroxyl groups is 3. The lowest BCUT2D eigenvalue weighted by molar-refractivity contribution is -0.137. The first-order valence-electron chi connectivity index (χ1n) is 9.55. The van der Waals surface area contributed by atoms with Crippen molar-refractivity contribution < 1.29 is 25.2 Å². The minimum absolute atomic E-state index is 0.0650. The van der Waals surface area contributed by atoms with Gasteiger partial charge in [0.1, 0.15) is 0 Å². The van der Waals surface area contributed by atoms with Gasteiger partial charge in [0.2, 0.25) is 0 Å². The number of aliphatic carboxylic acids is 1. The van der Waals surface area contributed by atoms with Crippen molar-refractivity contribution in [1.29, 1.82) is 0 Å². The van der Waals surface area contributed by atoms with E-state index in [-0.39, 0.29) is 18.3 Å². The Morgan fingerprint density at radius 2 is 1.92 bits per heavy atom. The highest BCUT2D eigenvalue weighted by Gasteiger charge is 2.39. The summed E-state index contributed by atoms with van der Waals surface area (Å²) >= 11 is 0. The second-order valence-electron chi connectivity index (χ2n) is 7.05. The van der Waals surface area contributed by atoms with Crippen molar-refractivity contribution in [3.05, 3.63) is 24.3 Å². The number of carbonyl (C=O) groups is 1. The third kappa shape index (κ3) is 8.66. The molecule has 0 aromatic heterocycles. The Morgan fingerprint density at radius 3 is 2.60 bits per heavy atom. The highest BCUT2D eigenvalue weighted by atomic mass is 16.4. The van der Waals surface area contributed by atoms with Crippen LogP contribution in [0.15, 0.2) is 24.3 Å². The maximum absolute atomic E-state index is 10.5. The van der Waals surface area contributed by atoms with Gasteiger partial charge >= 0.3 is 5.97 Å². The normalized spacial score (nSPS) is 28.2. The number of carboxylic acids is 1. The van der Waals surface area contributed by atoms with Crippen LogP contribution in [0.3, 0.4) is 0 Å². The predicted octanol–water partition coefficient (Wildman–Crippen LogP) is 3.04. The average Bonchev–Trinajstić information content (AvgIpc) is 2.82. The number of unbranched alkanes of at least 4 members (excludes halogenated alkanes) is 3. The van der Waals surface area contributed by atoms with Gasteiger partial charge in [-0.25, -0.2) is 0 Å². The van der Waals surface area contributed by atoms with E-state index in [1.807, 2.05) is 18.2 Å². The van der Waals surface area contributed by atoms with E-state index < -0.39 is 24.3 Å². The SMILES string of the molecule is CCCCC[C@H](O)/C=C/C1C(O)CC(O)C1C/C=C\CCCC(=O)O. The van der Waals surface area contributed by atoms with E-state index in [4.69, 9.17) is 5.11 Å². The van der Waals surface area contributed by atoms with Gasteiger partial charge in [-0.1, -0.05) is 50.5 Å². The van der Waals surface area contributed by atoms with Gasteiger partial charge in [0.25, 0.3) is 0 Å². The zero-order valence-electron chi connectivity index (χ0n) is 15.3. The Kier molecular flexibility index (Phi) is 10.7. The first-order chi connectivity index (χ1) is 12.0. The summed E-state index contributed by atoms with van der Waals surface area (Å²) in [4.78, 5) is 10.5. The van der Waals surface area contributed by atoms with Gasteiger partial charge in [0, 0.05) is 18.8 Å². The fourth-order valence-electron chi connectivity index (χ4n) is 3.41. The van der Waals surface area contributed by atoms with Gasteiger partial charge in [0.05, 0.1) is 18.3 Å². The van der Waals surface area contributed by atoms with Crippen LogP contribution in [0.4, 0.5) is 0 Å². The van der Waals surface area contributed by atoms with Crippen molar-refractivity contribution in [2.45, 2.75) is 83.0 Å². The third-order valence-electron chi connectivity index (χ3n) is 4.91. The first kappa shape index (κ1) is 21.9. The summed E-state index contributed by atoms with van der Waals surface area (Å²) in [5.74, 6) is -1.00. The molecule has 0 heterocycles. The zero-order valence-corrected chi connectivity index (χ0v) is 15.3. The van der Waals surface area contributed by atoms with Crippen molar-refractivity contribution in [2.24, 2.45) is 11.8 Å². The highest BCUT2D eigenvalue weighted by Crippen LogP contribution is 2.36. The van der Waals surface area contributed by atoms with Crippen LogP contribution >= 0.6 is 0 Å². The van der Waals surface area contributed by atoms with E-state index in [0.29, 0.717) is 25.7 Å². The van der Waals surface area contributed by atoms with Crippen molar-refractivity contribution in [3.8, 4) is 0 Å². The molecule has 4 N–H and O–H groups in total. The number of hydrogen-bond acceptors (Lipinski definition) is 4. The molecule has 144 valence electrons. The summed E-state index contributed by atoms with van der Waals surface area (Å²) in [5, 5.41) is 39.0. The number of rotatable bonds is 12. The summed E-state index contributed by atoms with van der Waals surface area (Å²) < 4.78 is 0. The van der Waals surface area contributed by atoms with E-state index in [1.165, 1.54) is 0 Å². The Hall–Kier alpha value is -1.17. The van der Waals surface area contributed by atoms with E-state index in [1.54, 1.807) is 6.08 Å². The van der Waals surface area contributed by atoms with E-state index in [9.17, 15) is 20.1 Å². The lowest BCUT2D eigenvalue weighted by atomic mass is 9.89. The molecular weight excluding hydrogens is 320 g/mol. The molecule has 0 bridgehead atoms. The fourth-order valence-corrected chi connectivity index (χ4v) is 3.41. The van der Waals surface area contributed by atoms with E-state index >= 15 is 0 Å². The lowest BCUT2D eigenvalue weighted by Gasteiger charge is -2.19. The minimum atomic E-state index is -0.787. The number of carboxylic acid groups (broad SMARTS) is 1. The predicted molar refractivity (Wildman–Crippen MR) is 98.1 cm³/mol. The molecule has 5 nitrogen and oxygen atoms in total. The van der Waals surface area contributed by atoms with Crippen LogP contribution in [0, 0.1) is 11.8 Å². The topological polar surface area (TPSA) is 98.0 Å². The molecular formula is C20H34O5. The average molecular weight is 354 g/mol. The molecule has 0 saturated heterocycles. The number of hydrogen-bond donors (Lipinski definition) is 4. The molecule has 0 spiro atoms. The Balaban J connectivity index is 2.46. The third-order valence-corrected chi connectivity index (χ3v) is 4.91. The van der Waals surface area contributed by atoms with Crippen molar-refractivity contribution >= 4 is 5.97 Å². The summed E-state index contributed by atoms with van der Waals surface area (Å²) in [5.41, 5.74) is 0. The minimum Gasteiger partial charge on any atom is -0.481 e. The molecule has 1 aliphatic rings. The van der Waals surface area contributed by atoms with Gasteiger partial charge in [-0.15, -0.1) is 0 Å². The second kappa shape index (κ2) is 12.2. The van der Waals surface area contributed by atoms with E-state index in [2.05, 4.69) is 6.92 Å². The zero-order chi connectivity index (χ0) is 18.7. The quantitative estimate of drug-likeness (QED) is 0.319. The Labute approximate surface area is 151 Å². The van der Waals surface area contributed by atoms with Crippen LogP contribution in [-0.2, 0) is 4.79 Å². The Bertz CT molecular complexity index is 432. The van der Waals surface area contributed by atoms with Crippen molar-refractivity contribution in [2.75, 3.05) is 0 Å². The molecule has 5 heteroatoms. The van der Waals surface area contributed by atoms with Crippen LogP contribution in [0.5, 0.6) is 0 Å². The maximum Gasteiger partial charge on any atom is 0.303 e. The lowest BCUT2D eigenvalue weighted by Crippen LogP contribution is -2.20. The molecule has 0 aliphatic heterocycles. The molecule has 1 fully saturated rings. The van der Waals surface area contributed by atoms with Gasteiger partial charge in [-0.05, 0) is 31.6 Å². The van der Waals surface area contributed by atoms with Crippen molar-refractivity contribution in [3.63, 3.8) is 0 Å². The summed E-state index contributed by atoms with van der Waals surface area (Å²) in [6.07, 6.45) is 12.3. The highest BCUT2D eigenvalue weighted by molar-refractivity contribution is 5.66. The largest absolute Gasteiger partial charge is 0.481 e.